The zero-order valence-electron chi connectivity index (χ0n) is 21.3. The van der Waals surface area contributed by atoms with Gasteiger partial charge >= 0.3 is 7.32 Å². The van der Waals surface area contributed by atoms with Gasteiger partial charge in [-0.15, -0.1) is 0 Å². The molecule has 0 aliphatic carbocycles. The molecule has 0 aromatic heterocycles. The fraction of sp³-hybridized carbons (Fsp3) is 0.286. The molecule has 0 saturated heterocycles. The number of rotatable bonds is 12. The second kappa shape index (κ2) is 13.6. The molecule has 194 valence electrons. The van der Waals surface area contributed by atoms with E-state index in [9.17, 15) is 19.6 Å². The fourth-order valence-electron chi connectivity index (χ4n) is 4.01. The first-order valence-electron chi connectivity index (χ1n) is 12.1. The average molecular weight is 504 g/mol. The van der Waals surface area contributed by atoms with Crippen LogP contribution in [0.15, 0.2) is 78.9 Å². The Morgan fingerprint density at radius 2 is 1.54 bits per heavy atom. The van der Waals surface area contributed by atoms with E-state index >= 15 is 0 Å². The number of amides is 2. The number of nitrogens with one attached hydrogen (secondary N) is 2. The molecule has 8 nitrogen and oxygen atoms in total. The van der Waals surface area contributed by atoms with Gasteiger partial charge in [-0.1, -0.05) is 80.6 Å². The van der Waals surface area contributed by atoms with Gasteiger partial charge in [0.05, 0.1) is 7.11 Å². The van der Waals surface area contributed by atoms with Gasteiger partial charge < -0.3 is 30.1 Å². The van der Waals surface area contributed by atoms with Crippen molar-refractivity contribution < 1.29 is 29.0 Å². The van der Waals surface area contributed by atoms with Gasteiger partial charge in [0.2, 0.25) is 11.8 Å². The van der Waals surface area contributed by atoms with Crippen LogP contribution in [0.4, 0.5) is 0 Å². The zero-order chi connectivity index (χ0) is 26.8. The van der Waals surface area contributed by atoms with Crippen molar-refractivity contribution in [2.45, 2.75) is 33.0 Å². The fourth-order valence-corrected chi connectivity index (χ4v) is 4.01. The van der Waals surface area contributed by atoms with Crippen molar-refractivity contribution >= 4 is 19.1 Å². The Bertz CT molecular complexity index is 1150. The summed E-state index contributed by atoms with van der Waals surface area (Å²) in [6, 6.07) is 24.8. The normalized spacial score (nSPS) is 12.5. The summed E-state index contributed by atoms with van der Waals surface area (Å²) in [6.45, 7) is 3.78. The summed E-state index contributed by atoms with van der Waals surface area (Å²) in [5.74, 6) is -1.65. The van der Waals surface area contributed by atoms with Crippen LogP contribution in [0.25, 0.3) is 11.1 Å². The van der Waals surface area contributed by atoms with Gasteiger partial charge in [0, 0.05) is 13.0 Å². The van der Waals surface area contributed by atoms with Gasteiger partial charge in [-0.3, -0.25) is 9.59 Å². The molecular formula is C28H33BN2O6. The number of hydrogen-bond acceptors (Lipinski definition) is 6. The van der Waals surface area contributed by atoms with Gasteiger partial charge in [-0.05, 0) is 40.3 Å². The number of benzene rings is 3. The second-order valence-corrected chi connectivity index (χ2v) is 9.02. The predicted octanol–water partition coefficient (Wildman–Crippen LogP) is 2.92. The molecule has 0 radical (unpaired) electrons. The molecule has 0 saturated carbocycles. The molecule has 3 aromatic rings. The molecule has 0 aliphatic heterocycles. The van der Waals surface area contributed by atoms with Crippen molar-refractivity contribution in [3.05, 3.63) is 90.0 Å². The first kappa shape index (κ1) is 27.9. The van der Waals surface area contributed by atoms with Gasteiger partial charge in [-0.25, -0.2) is 0 Å². The highest BCUT2D eigenvalue weighted by molar-refractivity contribution is 6.32. The third-order valence-electron chi connectivity index (χ3n) is 5.90. The quantitative estimate of drug-likeness (QED) is 0.171. The van der Waals surface area contributed by atoms with Gasteiger partial charge in [0.15, 0.2) is 0 Å². The molecule has 0 fully saturated rings. The molecule has 3 aromatic carbocycles. The molecule has 9 heteroatoms. The maximum Gasteiger partial charge on any atom is 0.635 e. The third-order valence-corrected chi connectivity index (χ3v) is 5.90. The van der Waals surface area contributed by atoms with Crippen LogP contribution < -0.4 is 15.4 Å². The molecule has 0 aliphatic rings. The van der Waals surface area contributed by atoms with E-state index in [1.54, 1.807) is 33.1 Å². The summed E-state index contributed by atoms with van der Waals surface area (Å²) < 4.78 is 10.3. The van der Waals surface area contributed by atoms with Crippen molar-refractivity contribution in [1.29, 1.82) is 0 Å². The van der Waals surface area contributed by atoms with Crippen molar-refractivity contribution in [3.8, 4) is 16.9 Å². The zero-order valence-corrected chi connectivity index (χ0v) is 21.3. The standard InChI is InChI=1S/C28H33BN2O6/c1-19(2)26(27(32)30-18-21-8-7-11-24(16-21)36-3)28(33)31-25(37-29(34)35)17-20-12-14-23(15-13-20)22-9-5-4-6-10-22/h4-16,19,25-26,34-35H,17-18H2,1-3H3,(H,30,32)(H,31,33)/t25-,26?/m1/s1. The minimum Gasteiger partial charge on any atom is -0.497 e. The van der Waals surface area contributed by atoms with Gasteiger partial charge in [-0.2, -0.15) is 0 Å². The Kier molecular flexibility index (Phi) is 10.3. The lowest BCUT2D eigenvalue weighted by atomic mass is 9.93. The number of methoxy groups -OCH3 is 1. The summed E-state index contributed by atoms with van der Waals surface area (Å²) in [5, 5.41) is 24.3. The molecule has 3 rings (SSSR count). The van der Waals surface area contributed by atoms with Crippen LogP contribution in [0.1, 0.15) is 25.0 Å². The number of carbonyl (C=O) groups excluding carboxylic acids is 2. The van der Waals surface area contributed by atoms with Gasteiger partial charge in [0.1, 0.15) is 17.9 Å². The van der Waals surface area contributed by atoms with Crippen LogP contribution in [0.3, 0.4) is 0 Å². The molecule has 2 amide bonds. The average Bonchev–Trinajstić information content (AvgIpc) is 2.88. The van der Waals surface area contributed by atoms with E-state index < -0.39 is 31.3 Å². The van der Waals surface area contributed by atoms with Crippen molar-refractivity contribution in [2.75, 3.05) is 7.11 Å². The van der Waals surface area contributed by atoms with Crippen LogP contribution in [-0.4, -0.2) is 42.5 Å². The molecule has 37 heavy (non-hydrogen) atoms. The van der Waals surface area contributed by atoms with Crippen LogP contribution >= 0.6 is 0 Å². The maximum atomic E-state index is 13.1. The topological polar surface area (TPSA) is 117 Å². The molecule has 0 heterocycles. The van der Waals surface area contributed by atoms with Crippen molar-refractivity contribution in [3.63, 3.8) is 0 Å². The summed E-state index contributed by atoms with van der Waals surface area (Å²) in [7, 11) is -0.524. The Labute approximate surface area is 217 Å². The van der Waals surface area contributed by atoms with E-state index in [1.807, 2.05) is 66.7 Å². The summed E-state index contributed by atoms with van der Waals surface area (Å²) in [4.78, 5) is 26.1. The Hall–Kier alpha value is -3.66. The first-order valence-corrected chi connectivity index (χ1v) is 12.1. The molecule has 0 spiro atoms. The highest BCUT2D eigenvalue weighted by Crippen LogP contribution is 2.20. The lowest BCUT2D eigenvalue weighted by Gasteiger charge is -2.25. The van der Waals surface area contributed by atoms with E-state index in [0.29, 0.717) is 5.75 Å². The number of hydrogen-bond donors (Lipinski definition) is 4. The summed E-state index contributed by atoms with van der Waals surface area (Å²) >= 11 is 0. The molecule has 1 unspecified atom stereocenters. The molecule has 2 atom stereocenters. The first-order chi connectivity index (χ1) is 17.8. The summed E-state index contributed by atoms with van der Waals surface area (Å²) in [5.41, 5.74) is 3.75. The Morgan fingerprint density at radius 1 is 0.865 bits per heavy atom. The Morgan fingerprint density at radius 3 is 2.16 bits per heavy atom. The van der Waals surface area contributed by atoms with Crippen LogP contribution in [0, 0.1) is 11.8 Å². The van der Waals surface area contributed by atoms with E-state index in [0.717, 1.165) is 22.3 Å². The van der Waals surface area contributed by atoms with Crippen molar-refractivity contribution in [1.82, 2.24) is 10.6 Å². The molecule has 4 N–H and O–H groups in total. The SMILES string of the molecule is COc1cccc(CNC(=O)C(C(=O)N[C@@H](Cc2ccc(-c3ccccc3)cc2)OB(O)O)C(C)C)c1. The van der Waals surface area contributed by atoms with Crippen LogP contribution in [-0.2, 0) is 27.2 Å². The minimum absolute atomic E-state index is 0.175. The monoisotopic (exact) mass is 504 g/mol. The smallest absolute Gasteiger partial charge is 0.497 e. The lowest BCUT2D eigenvalue weighted by Crippen LogP contribution is -2.49. The van der Waals surface area contributed by atoms with E-state index in [1.165, 1.54) is 0 Å². The third kappa shape index (κ3) is 8.46. The van der Waals surface area contributed by atoms with Gasteiger partial charge in [0.25, 0.3) is 0 Å². The summed E-state index contributed by atoms with van der Waals surface area (Å²) in [6.07, 6.45) is -0.878. The Balaban J connectivity index is 1.66. The van der Waals surface area contributed by atoms with E-state index in [4.69, 9.17) is 9.39 Å². The van der Waals surface area contributed by atoms with Crippen LogP contribution in [0.5, 0.6) is 5.75 Å². The lowest BCUT2D eigenvalue weighted by molar-refractivity contribution is -0.138. The largest absolute Gasteiger partial charge is 0.635 e. The highest BCUT2D eigenvalue weighted by Gasteiger charge is 2.32. The highest BCUT2D eigenvalue weighted by atomic mass is 16.6. The minimum atomic E-state index is -2.09. The van der Waals surface area contributed by atoms with E-state index in [-0.39, 0.29) is 18.9 Å². The molecular weight excluding hydrogens is 471 g/mol. The maximum absolute atomic E-state index is 13.1. The predicted molar refractivity (Wildman–Crippen MR) is 142 cm³/mol. The second-order valence-electron chi connectivity index (χ2n) is 9.02. The molecule has 0 bridgehead atoms. The van der Waals surface area contributed by atoms with E-state index in [2.05, 4.69) is 10.6 Å². The van der Waals surface area contributed by atoms with Crippen LogP contribution in [0.2, 0.25) is 0 Å². The number of ether oxygens (including phenoxy) is 1. The number of carbonyl (C=O) groups is 2. The van der Waals surface area contributed by atoms with Crippen molar-refractivity contribution in [2.24, 2.45) is 11.8 Å².